The van der Waals surface area contributed by atoms with E-state index in [0.717, 1.165) is 5.76 Å². The van der Waals surface area contributed by atoms with Crippen molar-refractivity contribution in [2.75, 3.05) is 5.73 Å². The molecule has 0 aliphatic heterocycles. The van der Waals surface area contributed by atoms with Gasteiger partial charge in [0.25, 0.3) is 0 Å². The first-order valence-electron chi connectivity index (χ1n) is 3.08. The van der Waals surface area contributed by atoms with Gasteiger partial charge in [-0.2, -0.15) is 0 Å². The highest BCUT2D eigenvalue weighted by atomic mass is 16.5. The summed E-state index contributed by atoms with van der Waals surface area (Å²) in [5.41, 5.74) is 6.23. The summed E-state index contributed by atoms with van der Waals surface area (Å²) < 4.78 is 4.91. The molecule has 3 heteroatoms. The molecule has 48 valence electrons. The van der Waals surface area contributed by atoms with E-state index in [1.54, 1.807) is 6.20 Å². The van der Waals surface area contributed by atoms with Crippen LogP contribution in [-0.2, 0) is 0 Å². The fourth-order valence-electron chi connectivity index (χ4n) is 0.912. The van der Waals surface area contributed by atoms with E-state index < -0.39 is 0 Å². The molecule has 9 heavy (non-hydrogen) atoms. The Bertz CT molecular complexity index is 215. The van der Waals surface area contributed by atoms with Crippen molar-refractivity contribution < 1.29 is 4.52 Å². The van der Waals surface area contributed by atoms with E-state index in [4.69, 9.17) is 10.3 Å². The van der Waals surface area contributed by atoms with E-state index in [-0.39, 0.29) is 0 Å². The van der Waals surface area contributed by atoms with Gasteiger partial charge in [0.1, 0.15) is 0 Å². The summed E-state index contributed by atoms with van der Waals surface area (Å²) in [5.74, 6) is 1.46. The van der Waals surface area contributed by atoms with Crippen LogP contribution in [0.4, 0.5) is 5.69 Å². The highest BCUT2D eigenvalue weighted by Crippen LogP contribution is 2.42. The Kier molecular flexibility index (Phi) is 0.806. The van der Waals surface area contributed by atoms with E-state index in [2.05, 4.69) is 5.16 Å². The average molecular weight is 124 g/mol. The van der Waals surface area contributed by atoms with Gasteiger partial charge in [-0.1, -0.05) is 5.16 Å². The van der Waals surface area contributed by atoms with Gasteiger partial charge in [0.05, 0.1) is 11.9 Å². The van der Waals surface area contributed by atoms with Crippen LogP contribution >= 0.6 is 0 Å². The molecule has 1 aliphatic rings. The van der Waals surface area contributed by atoms with Gasteiger partial charge in [0.15, 0.2) is 5.76 Å². The summed E-state index contributed by atoms with van der Waals surface area (Å²) in [4.78, 5) is 0. The number of nitrogens with zero attached hydrogens (tertiary/aromatic N) is 1. The molecule has 0 aromatic carbocycles. The molecule has 0 spiro atoms. The van der Waals surface area contributed by atoms with Crippen LogP contribution in [0.3, 0.4) is 0 Å². The summed E-state index contributed by atoms with van der Waals surface area (Å²) >= 11 is 0. The zero-order valence-corrected chi connectivity index (χ0v) is 5.00. The zero-order valence-electron chi connectivity index (χ0n) is 5.00. The molecule has 0 atom stereocenters. The standard InChI is InChI=1S/C6H8N2O/c7-5-3-8-9-6(5)4-1-2-4/h3-4H,1-2,7H2. The Morgan fingerprint density at radius 3 is 2.89 bits per heavy atom. The van der Waals surface area contributed by atoms with Crippen LogP contribution in [0.5, 0.6) is 0 Å². The summed E-state index contributed by atoms with van der Waals surface area (Å²) in [7, 11) is 0. The summed E-state index contributed by atoms with van der Waals surface area (Å²) in [6.07, 6.45) is 3.98. The normalized spacial score (nSPS) is 18.2. The fourth-order valence-corrected chi connectivity index (χ4v) is 0.912. The monoisotopic (exact) mass is 124 g/mol. The average Bonchev–Trinajstić information content (AvgIpc) is 2.58. The predicted molar refractivity (Wildman–Crippen MR) is 32.9 cm³/mol. The highest BCUT2D eigenvalue weighted by molar-refractivity contribution is 5.41. The second-order valence-corrected chi connectivity index (χ2v) is 2.42. The maximum absolute atomic E-state index is 5.53. The largest absolute Gasteiger partial charge is 0.395 e. The van der Waals surface area contributed by atoms with Gasteiger partial charge in [-0.25, -0.2) is 0 Å². The van der Waals surface area contributed by atoms with Gasteiger partial charge < -0.3 is 10.3 Å². The van der Waals surface area contributed by atoms with Crippen molar-refractivity contribution in [3.05, 3.63) is 12.0 Å². The smallest absolute Gasteiger partial charge is 0.162 e. The molecular formula is C6H8N2O. The Labute approximate surface area is 52.8 Å². The number of nitrogens with two attached hydrogens (primary N) is 1. The molecule has 1 heterocycles. The van der Waals surface area contributed by atoms with Crippen molar-refractivity contribution >= 4 is 5.69 Å². The van der Waals surface area contributed by atoms with Gasteiger partial charge in [-0.15, -0.1) is 0 Å². The number of nitrogen functional groups attached to an aromatic ring is 1. The van der Waals surface area contributed by atoms with Gasteiger partial charge in [-0.05, 0) is 12.8 Å². The minimum atomic E-state index is 0.576. The van der Waals surface area contributed by atoms with Gasteiger partial charge in [0, 0.05) is 5.92 Å². The topological polar surface area (TPSA) is 52.0 Å². The quantitative estimate of drug-likeness (QED) is 0.610. The summed E-state index contributed by atoms with van der Waals surface area (Å²) in [5, 5.41) is 3.58. The van der Waals surface area contributed by atoms with Crippen LogP contribution in [0, 0.1) is 0 Å². The van der Waals surface area contributed by atoms with E-state index in [0.29, 0.717) is 11.6 Å². The second kappa shape index (κ2) is 1.50. The second-order valence-electron chi connectivity index (χ2n) is 2.42. The Morgan fingerprint density at radius 2 is 2.44 bits per heavy atom. The van der Waals surface area contributed by atoms with Crippen molar-refractivity contribution in [3.63, 3.8) is 0 Å². The van der Waals surface area contributed by atoms with Gasteiger partial charge >= 0.3 is 0 Å². The number of aromatic nitrogens is 1. The minimum absolute atomic E-state index is 0.576. The SMILES string of the molecule is Nc1cnoc1C1CC1. The number of hydrogen-bond donors (Lipinski definition) is 1. The molecule has 1 aromatic heterocycles. The lowest BCUT2D eigenvalue weighted by atomic mass is 10.3. The fraction of sp³-hybridized carbons (Fsp3) is 0.500. The zero-order chi connectivity index (χ0) is 6.27. The molecule has 0 radical (unpaired) electrons. The molecular weight excluding hydrogens is 116 g/mol. The molecule has 1 aliphatic carbocycles. The van der Waals surface area contributed by atoms with E-state index in [1.165, 1.54) is 12.8 Å². The van der Waals surface area contributed by atoms with Crippen LogP contribution in [0.2, 0.25) is 0 Å². The highest BCUT2D eigenvalue weighted by Gasteiger charge is 2.29. The van der Waals surface area contributed by atoms with Crippen LogP contribution in [-0.4, -0.2) is 5.16 Å². The summed E-state index contributed by atoms with van der Waals surface area (Å²) in [6.45, 7) is 0. The van der Waals surface area contributed by atoms with Crippen LogP contribution in [0.15, 0.2) is 10.7 Å². The molecule has 0 unspecified atom stereocenters. The van der Waals surface area contributed by atoms with Crippen LogP contribution in [0.25, 0.3) is 0 Å². The molecule has 1 aromatic rings. The van der Waals surface area contributed by atoms with E-state index in [9.17, 15) is 0 Å². The molecule has 2 rings (SSSR count). The minimum Gasteiger partial charge on any atom is -0.395 e. The lowest BCUT2D eigenvalue weighted by Gasteiger charge is -1.86. The molecule has 1 saturated carbocycles. The van der Waals surface area contributed by atoms with Crippen LogP contribution < -0.4 is 5.73 Å². The predicted octanol–water partition coefficient (Wildman–Crippen LogP) is 1.13. The lowest BCUT2D eigenvalue weighted by Crippen LogP contribution is -1.85. The molecule has 2 N–H and O–H groups in total. The molecule has 3 nitrogen and oxygen atoms in total. The van der Waals surface area contributed by atoms with E-state index in [1.807, 2.05) is 0 Å². The molecule has 0 bridgehead atoms. The Morgan fingerprint density at radius 1 is 1.67 bits per heavy atom. The van der Waals surface area contributed by atoms with Crippen molar-refractivity contribution in [1.82, 2.24) is 5.16 Å². The van der Waals surface area contributed by atoms with Crippen molar-refractivity contribution in [2.45, 2.75) is 18.8 Å². The van der Waals surface area contributed by atoms with Crippen molar-refractivity contribution in [1.29, 1.82) is 0 Å². The first kappa shape index (κ1) is 4.85. The number of anilines is 1. The third-order valence-corrected chi connectivity index (χ3v) is 1.58. The van der Waals surface area contributed by atoms with Crippen LogP contribution in [0.1, 0.15) is 24.5 Å². The molecule has 0 saturated heterocycles. The maximum Gasteiger partial charge on any atom is 0.162 e. The van der Waals surface area contributed by atoms with Gasteiger partial charge in [-0.3, -0.25) is 0 Å². The number of hydrogen-bond acceptors (Lipinski definition) is 3. The van der Waals surface area contributed by atoms with Gasteiger partial charge in [0.2, 0.25) is 0 Å². The van der Waals surface area contributed by atoms with Crippen molar-refractivity contribution in [2.24, 2.45) is 0 Å². The Balaban J connectivity index is 2.35. The Hall–Kier alpha value is -0.990. The number of rotatable bonds is 1. The third-order valence-electron chi connectivity index (χ3n) is 1.58. The lowest BCUT2D eigenvalue weighted by molar-refractivity contribution is 0.385. The molecule has 1 fully saturated rings. The third kappa shape index (κ3) is 0.686. The maximum atomic E-state index is 5.53. The first-order chi connectivity index (χ1) is 4.38. The summed E-state index contributed by atoms with van der Waals surface area (Å²) in [6, 6.07) is 0. The molecule has 0 amide bonds. The first-order valence-corrected chi connectivity index (χ1v) is 3.08. The van der Waals surface area contributed by atoms with Crippen molar-refractivity contribution in [3.8, 4) is 0 Å². The van der Waals surface area contributed by atoms with E-state index >= 15 is 0 Å².